The van der Waals surface area contributed by atoms with Crippen molar-refractivity contribution in [3.63, 3.8) is 0 Å². The molecule has 4 heteroatoms. The second-order valence-electron chi connectivity index (χ2n) is 3.16. The normalized spacial score (nSPS) is 12.2. The van der Waals surface area contributed by atoms with Gasteiger partial charge in [-0.3, -0.25) is 4.79 Å². The van der Waals surface area contributed by atoms with Crippen molar-refractivity contribution in [3.8, 4) is 5.75 Å². The van der Waals surface area contributed by atoms with Gasteiger partial charge in [0.05, 0.1) is 5.92 Å². The lowest BCUT2D eigenvalue weighted by Gasteiger charge is -2.10. The van der Waals surface area contributed by atoms with E-state index in [-0.39, 0.29) is 0 Å². The minimum Gasteiger partial charge on any atom is -0.481 e. The zero-order valence-corrected chi connectivity index (χ0v) is 8.71. The highest BCUT2D eigenvalue weighted by Crippen LogP contribution is 2.24. The van der Waals surface area contributed by atoms with E-state index in [1.807, 2.05) is 6.92 Å². The molecule has 3 nitrogen and oxygen atoms in total. The molecular weight excluding hydrogens is 204 g/mol. The Labute approximate surface area is 87.4 Å². The van der Waals surface area contributed by atoms with Crippen molar-refractivity contribution in [2.75, 3.05) is 0 Å². The SMILES string of the molecule is Cc1cc(OCl)ccc1C(C)C(=O)O. The molecule has 1 atom stereocenters. The Bertz CT molecular complexity index is 349. The van der Waals surface area contributed by atoms with Crippen molar-refractivity contribution >= 4 is 17.8 Å². The summed E-state index contributed by atoms with van der Waals surface area (Å²) in [7, 11) is 0. The summed E-state index contributed by atoms with van der Waals surface area (Å²) >= 11 is 5.18. The molecule has 1 rings (SSSR count). The van der Waals surface area contributed by atoms with Crippen molar-refractivity contribution in [1.82, 2.24) is 0 Å². The Balaban J connectivity index is 3.05. The molecule has 0 amide bonds. The second kappa shape index (κ2) is 4.33. The molecule has 0 heterocycles. The fourth-order valence-corrected chi connectivity index (χ4v) is 1.41. The fraction of sp³-hybridized carbons (Fsp3) is 0.300. The minimum atomic E-state index is -0.840. The Kier molecular flexibility index (Phi) is 3.36. The minimum absolute atomic E-state index is 0.514. The molecule has 0 spiro atoms. The Hall–Kier alpha value is -1.22. The van der Waals surface area contributed by atoms with Crippen molar-refractivity contribution in [3.05, 3.63) is 29.3 Å². The maximum absolute atomic E-state index is 10.7. The van der Waals surface area contributed by atoms with Crippen LogP contribution in [0.4, 0.5) is 0 Å². The van der Waals surface area contributed by atoms with Crippen LogP contribution in [0, 0.1) is 6.92 Å². The third-order valence-corrected chi connectivity index (χ3v) is 2.35. The molecule has 1 aromatic carbocycles. The Morgan fingerprint density at radius 2 is 2.21 bits per heavy atom. The summed E-state index contributed by atoms with van der Waals surface area (Å²) in [6, 6.07) is 5.07. The van der Waals surface area contributed by atoms with Crippen LogP contribution in [0.25, 0.3) is 0 Å². The van der Waals surface area contributed by atoms with Gasteiger partial charge in [0.25, 0.3) is 0 Å². The fourth-order valence-electron chi connectivity index (χ4n) is 1.32. The van der Waals surface area contributed by atoms with Crippen LogP contribution in [0.2, 0.25) is 0 Å². The van der Waals surface area contributed by atoms with Gasteiger partial charge >= 0.3 is 5.97 Å². The largest absolute Gasteiger partial charge is 0.481 e. The number of halogens is 1. The topological polar surface area (TPSA) is 46.5 Å². The summed E-state index contributed by atoms with van der Waals surface area (Å²) in [5.74, 6) is -0.836. The van der Waals surface area contributed by atoms with Gasteiger partial charge in [-0.15, -0.1) is 0 Å². The predicted octanol–water partition coefficient (Wildman–Crippen LogP) is 2.72. The van der Waals surface area contributed by atoms with Crippen molar-refractivity contribution < 1.29 is 14.2 Å². The van der Waals surface area contributed by atoms with Crippen molar-refractivity contribution in [2.45, 2.75) is 19.8 Å². The van der Waals surface area contributed by atoms with Crippen LogP contribution < -0.4 is 4.29 Å². The number of aliphatic carboxylic acids is 1. The van der Waals surface area contributed by atoms with Gasteiger partial charge in [0, 0.05) is 0 Å². The van der Waals surface area contributed by atoms with E-state index in [0.717, 1.165) is 11.1 Å². The average Bonchev–Trinajstić information content (AvgIpc) is 2.16. The van der Waals surface area contributed by atoms with Crippen LogP contribution >= 0.6 is 11.9 Å². The maximum Gasteiger partial charge on any atom is 0.310 e. The number of carboxylic acids is 1. The van der Waals surface area contributed by atoms with E-state index >= 15 is 0 Å². The smallest absolute Gasteiger partial charge is 0.310 e. The molecule has 0 aliphatic carbocycles. The van der Waals surface area contributed by atoms with Crippen molar-refractivity contribution in [1.29, 1.82) is 0 Å². The highest BCUT2D eigenvalue weighted by Gasteiger charge is 2.15. The summed E-state index contributed by atoms with van der Waals surface area (Å²) < 4.78 is 4.52. The van der Waals surface area contributed by atoms with Gasteiger partial charge in [-0.05, 0) is 37.1 Å². The zero-order valence-electron chi connectivity index (χ0n) is 7.95. The molecule has 0 saturated heterocycles. The van der Waals surface area contributed by atoms with E-state index in [4.69, 9.17) is 17.0 Å². The van der Waals surface area contributed by atoms with Crippen LogP contribution in [0.1, 0.15) is 24.0 Å². The number of hydrogen-bond acceptors (Lipinski definition) is 2. The molecular formula is C10H11ClO3. The second-order valence-corrected chi connectivity index (χ2v) is 3.31. The third kappa shape index (κ3) is 2.17. The van der Waals surface area contributed by atoms with E-state index in [2.05, 4.69) is 4.29 Å². The average molecular weight is 215 g/mol. The summed E-state index contributed by atoms with van der Waals surface area (Å²) in [6.45, 7) is 3.47. The van der Waals surface area contributed by atoms with Crippen LogP contribution in [0.15, 0.2) is 18.2 Å². The lowest BCUT2D eigenvalue weighted by molar-refractivity contribution is -0.138. The molecule has 1 N–H and O–H groups in total. The lowest BCUT2D eigenvalue weighted by atomic mass is 9.96. The molecule has 1 unspecified atom stereocenters. The maximum atomic E-state index is 10.7. The first-order chi connectivity index (χ1) is 6.56. The molecule has 14 heavy (non-hydrogen) atoms. The van der Waals surface area contributed by atoms with Gasteiger partial charge in [0.2, 0.25) is 0 Å². The molecule has 0 bridgehead atoms. The first kappa shape index (κ1) is 10.9. The molecule has 0 saturated carbocycles. The molecule has 1 aromatic rings. The van der Waals surface area contributed by atoms with Crippen LogP contribution in [0.3, 0.4) is 0 Å². The molecule has 0 radical (unpaired) electrons. The molecule has 0 aliphatic heterocycles. The summed E-state index contributed by atoms with van der Waals surface area (Å²) in [5, 5.41) is 8.83. The lowest BCUT2D eigenvalue weighted by Crippen LogP contribution is -2.08. The number of benzene rings is 1. The van der Waals surface area contributed by atoms with Gasteiger partial charge < -0.3 is 9.40 Å². The van der Waals surface area contributed by atoms with Crippen LogP contribution in [-0.4, -0.2) is 11.1 Å². The van der Waals surface area contributed by atoms with Crippen LogP contribution in [-0.2, 0) is 4.79 Å². The monoisotopic (exact) mass is 214 g/mol. The van der Waals surface area contributed by atoms with Gasteiger partial charge in [-0.25, -0.2) is 0 Å². The number of rotatable bonds is 3. The number of carbonyl (C=O) groups is 1. The zero-order chi connectivity index (χ0) is 10.7. The highest BCUT2D eigenvalue weighted by atomic mass is 35.5. The van der Waals surface area contributed by atoms with Gasteiger partial charge in [0.1, 0.15) is 17.6 Å². The highest BCUT2D eigenvalue weighted by molar-refractivity contribution is 6.09. The Morgan fingerprint density at radius 1 is 1.57 bits per heavy atom. The molecule has 0 aromatic heterocycles. The van der Waals surface area contributed by atoms with E-state index in [0.29, 0.717) is 5.75 Å². The number of aryl methyl sites for hydroxylation is 1. The first-order valence-corrected chi connectivity index (χ1v) is 4.49. The van der Waals surface area contributed by atoms with Gasteiger partial charge in [0.15, 0.2) is 0 Å². The van der Waals surface area contributed by atoms with Gasteiger partial charge in [-0.2, -0.15) is 0 Å². The van der Waals surface area contributed by atoms with Crippen molar-refractivity contribution in [2.24, 2.45) is 0 Å². The Morgan fingerprint density at radius 3 is 2.64 bits per heavy atom. The quantitative estimate of drug-likeness (QED) is 0.842. The third-order valence-electron chi connectivity index (χ3n) is 2.17. The molecule has 76 valence electrons. The molecule has 0 aliphatic rings. The number of hydrogen-bond donors (Lipinski definition) is 1. The summed E-state index contributed by atoms with van der Waals surface area (Å²) in [6.07, 6.45) is 0. The predicted molar refractivity (Wildman–Crippen MR) is 53.7 cm³/mol. The first-order valence-electron chi connectivity index (χ1n) is 4.18. The standard InChI is InChI=1S/C10H11ClO3/c1-6-5-8(14-11)3-4-9(6)7(2)10(12)13/h3-5,7H,1-2H3,(H,12,13). The van der Waals surface area contributed by atoms with Crippen LogP contribution in [0.5, 0.6) is 5.75 Å². The van der Waals surface area contributed by atoms with E-state index in [1.54, 1.807) is 25.1 Å². The molecule has 0 fully saturated rings. The summed E-state index contributed by atoms with van der Waals surface area (Å²) in [4.78, 5) is 10.7. The number of carboxylic acid groups (broad SMARTS) is 1. The van der Waals surface area contributed by atoms with E-state index < -0.39 is 11.9 Å². The van der Waals surface area contributed by atoms with E-state index in [1.165, 1.54) is 0 Å². The summed E-state index contributed by atoms with van der Waals surface area (Å²) in [5.41, 5.74) is 1.63. The van der Waals surface area contributed by atoms with E-state index in [9.17, 15) is 4.79 Å². The van der Waals surface area contributed by atoms with Gasteiger partial charge in [-0.1, -0.05) is 6.07 Å².